The third-order valence-corrected chi connectivity index (χ3v) is 6.52. The van der Waals surface area contributed by atoms with E-state index in [2.05, 4.69) is 11.9 Å². The van der Waals surface area contributed by atoms with Crippen LogP contribution < -0.4 is 5.32 Å². The van der Waals surface area contributed by atoms with E-state index in [1.807, 2.05) is 58.0 Å². The Kier molecular flexibility index (Phi) is 15.3. The highest BCUT2D eigenvalue weighted by molar-refractivity contribution is 7.93. The molecule has 1 aromatic rings. The minimum Gasteiger partial charge on any atom is -0.444 e. The fourth-order valence-electron chi connectivity index (χ4n) is 3.28. The maximum absolute atomic E-state index is 13.4. The number of aliphatic hydroxyl groups excluding tert-OH is 1. The lowest BCUT2D eigenvalue weighted by atomic mass is 10.0. The minimum absolute atomic E-state index is 0.0175. The van der Waals surface area contributed by atoms with Gasteiger partial charge in [0.25, 0.3) is 0 Å². The number of alkyl carbamates (subject to hydrolysis) is 1. The molecule has 0 aromatic heterocycles. The van der Waals surface area contributed by atoms with Crippen molar-refractivity contribution < 1.29 is 23.1 Å². The first-order chi connectivity index (χ1) is 16.8. The number of amides is 1. The molecular weight excluding hydrogens is 476 g/mol. The minimum atomic E-state index is -3.91. The quantitative estimate of drug-likeness (QED) is 0.356. The van der Waals surface area contributed by atoms with Crippen LogP contribution in [0.3, 0.4) is 0 Å². The summed E-state index contributed by atoms with van der Waals surface area (Å²) in [4.78, 5) is 12.6. The van der Waals surface area contributed by atoms with Crippen molar-refractivity contribution in [2.45, 2.75) is 79.6 Å². The molecule has 8 heteroatoms. The molecule has 0 aliphatic rings. The summed E-state index contributed by atoms with van der Waals surface area (Å²) in [6, 6.07) is 8.61. The molecule has 1 aromatic carbocycles. The summed E-state index contributed by atoms with van der Waals surface area (Å²) >= 11 is 0. The van der Waals surface area contributed by atoms with Crippen molar-refractivity contribution in [3.63, 3.8) is 0 Å². The average molecular weight is 523 g/mol. The Morgan fingerprint density at radius 1 is 1.17 bits per heavy atom. The van der Waals surface area contributed by atoms with Gasteiger partial charge in [0.2, 0.25) is 10.0 Å². The standard InChI is InChI=1S/C26H40N2O5S.C2H6/c1-8-13-22(14-9-2)34(31,32)28(18-20(3)4)19-24(29)23(17-21-15-11-10-12-16-21)27-25(30)33-26(5,6)7;1-2/h8-16,20,23-24,29H,1,17-19H2,2-7H3,(H,27,30);1-2H3/b14-9-,22-13+;/t23-,24+;/m0./s1. The summed E-state index contributed by atoms with van der Waals surface area (Å²) in [6.45, 7) is 18.4. The monoisotopic (exact) mass is 522 g/mol. The molecule has 36 heavy (non-hydrogen) atoms. The first-order valence-corrected chi connectivity index (χ1v) is 13.9. The lowest BCUT2D eigenvalue weighted by Gasteiger charge is -2.31. The maximum Gasteiger partial charge on any atom is 0.407 e. The van der Waals surface area contributed by atoms with Gasteiger partial charge >= 0.3 is 6.09 Å². The van der Waals surface area contributed by atoms with Crippen LogP contribution in [0.5, 0.6) is 0 Å². The highest BCUT2D eigenvalue weighted by atomic mass is 32.2. The van der Waals surface area contributed by atoms with Gasteiger partial charge in [-0.1, -0.05) is 76.8 Å². The zero-order chi connectivity index (χ0) is 27.9. The van der Waals surface area contributed by atoms with E-state index in [1.54, 1.807) is 33.8 Å². The van der Waals surface area contributed by atoms with E-state index in [0.717, 1.165) is 5.56 Å². The summed E-state index contributed by atoms with van der Waals surface area (Å²) < 4.78 is 33.4. The van der Waals surface area contributed by atoms with Crippen molar-refractivity contribution >= 4 is 16.1 Å². The Balaban J connectivity index is 0.00000596. The number of benzene rings is 1. The fourth-order valence-corrected chi connectivity index (χ4v) is 5.00. The van der Waals surface area contributed by atoms with Crippen LogP contribution >= 0.6 is 0 Å². The Morgan fingerprint density at radius 2 is 1.75 bits per heavy atom. The molecule has 7 nitrogen and oxygen atoms in total. The number of carbonyl (C=O) groups excluding carboxylic acids is 1. The fraction of sp³-hybridized carbons (Fsp3) is 0.536. The number of ether oxygens (including phenoxy) is 1. The number of rotatable bonds is 12. The third-order valence-electron chi connectivity index (χ3n) is 4.68. The van der Waals surface area contributed by atoms with Gasteiger partial charge < -0.3 is 15.2 Å². The normalized spacial score (nSPS) is 14.2. The van der Waals surface area contributed by atoms with E-state index in [0.29, 0.717) is 6.42 Å². The molecule has 0 radical (unpaired) electrons. The van der Waals surface area contributed by atoms with Crippen LogP contribution in [0.15, 0.2) is 66.1 Å². The van der Waals surface area contributed by atoms with Crippen LogP contribution in [0.1, 0.15) is 61.0 Å². The van der Waals surface area contributed by atoms with E-state index < -0.39 is 33.9 Å². The van der Waals surface area contributed by atoms with Gasteiger partial charge in [-0.3, -0.25) is 0 Å². The van der Waals surface area contributed by atoms with E-state index in [1.165, 1.54) is 22.5 Å². The largest absolute Gasteiger partial charge is 0.444 e. The van der Waals surface area contributed by atoms with Gasteiger partial charge in [-0.25, -0.2) is 13.2 Å². The molecule has 0 saturated heterocycles. The molecule has 1 rings (SSSR count). The van der Waals surface area contributed by atoms with Gasteiger partial charge in [0.15, 0.2) is 0 Å². The van der Waals surface area contributed by atoms with Crippen molar-refractivity contribution in [1.29, 1.82) is 0 Å². The van der Waals surface area contributed by atoms with Crippen LogP contribution in [0.4, 0.5) is 4.79 Å². The number of carbonyl (C=O) groups is 1. The van der Waals surface area contributed by atoms with Crippen LogP contribution in [0.25, 0.3) is 0 Å². The summed E-state index contributed by atoms with van der Waals surface area (Å²) in [5.41, 5.74) is 0.179. The van der Waals surface area contributed by atoms with Crippen LogP contribution in [-0.4, -0.2) is 54.8 Å². The predicted octanol–water partition coefficient (Wildman–Crippen LogP) is 5.44. The Bertz CT molecular complexity index is 948. The molecule has 204 valence electrons. The smallest absolute Gasteiger partial charge is 0.407 e. The van der Waals surface area contributed by atoms with E-state index >= 15 is 0 Å². The first-order valence-electron chi connectivity index (χ1n) is 12.5. The molecular formula is C28H46N2O5S. The number of hydrogen-bond donors (Lipinski definition) is 2. The summed E-state index contributed by atoms with van der Waals surface area (Å²) in [6.07, 6.45) is 4.43. The van der Waals surface area contributed by atoms with E-state index in [-0.39, 0.29) is 23.9 Å². The van der Waals surface area contributed by atoms with Crippen LogP contribution in [-0.2, 0) is 21.2 Å². The number of allylic oxidation sites excluding steroid dienone is 4. The van der Waals surface area contributed by atoms with Crippen molar-refractivity contribution in [1.82, 2.24) is 9.62 Å². The van der Waals surface area contributed by atoms with E-state index in [9.17, 15) is 18.3 Å². The van der Waals surface area contributed by atoms with Crippen LogP contribution in [0, 0.1) is 5.92 Å². The highest BCUT2D eigenvalue weighted by Crippen LogP contribution is 2.19. The Morgan fingerprint density at radius 3 is 2.22 bits per heavy atom. The number of aliphatic hydroxyl groups is 1. The lowest BCUT2D eigenvalue weighted by Crippen LogP contribution is -2.52. The predicted molar refractivity (Wildman–Crippen MR) is 149 cm³/mol. The maximum atomic E-state index is 13.4. The number of nitrogens with zero attached hydrogens (tertiary/aromatic N) is 1. The van der Waals surface area contributed by atoms with Gasteiger partial charge in [-0.2, -0.15) is 4.31 Å². The topological polar surface area (TPSA) is 95.9 Å². The van der Waals surface area contributed by atoms with Crippen molar-refractivity contribution in [2.75, 3.05) is 13.1 Å². The second-order valence-electron chi connectivity index (χ2n) is 9.53. The molecule has 0 aliphatic heterocycles. The molecule has 0 unspecified atom stereocenters. The molecule has 2 N–H and O–H groups in total. The number of nitrogens with one attached hydrogen (secondary N) is 1. The molecule has 2 atom stereocenters. The molecule has 0 bridgehead atoms. The summed E-state index contributed by atoms with van der Waals surface area (Å²) in [7, 11) is -3.91. The SMILES string of the molecule is C=C/C=C(\C=C/C)S(=O)(=O)N(CC(C)C)C[C@@H](O)[C@H](Cc1ccccc1)NC(=O)OC(C)(C)C.CC. The van der Waals surface area contributed by atoms with Crippen molar-refractivity contribution in [3.8, 4) is 0 Å². The second-order valence-corrected chi connectivity index (χ2v) is 11.5. The molecule has 0 fully saturated rings. The first kappa shape index (κ1) is 33.6. The van der Waals surface area contributed by atoms with Gasteiger partial charge in [0.05, 0.1) is 17.1 Å². The summed E-state index contributed by atoms with van der Waals surface area (Å²) in [5.74, 6) is 0.0175. The van der Waals surface area contributed by atoms with Crippen molar-refractivity contribution in [2.24, 2.45) is 5.92 Å². The summed E-state index contributed by atoms with van der Waals surface area (Å²) in [5, 5.41) is 13.9. The van der Waals surface area contributed by atoms with Crippen LogP contribution in [0.2, 0.25) is 0 Å². The Labute approximate surface area is 219 Å². The van der Waals surface area contributed by atoms with Gasteiger partial charge in [0, 0.05) is 13.1 Å². The Hall–Kier alpha value is -2.42. The molecule has 0 spiro atoms. The molecule has 0 heterocycles. The average Bonchev–Trinajstić information content (AvgIpc) is 2.78. The van der Waals surface area contributed by atoms with Crippen molar-refractivity contribution in [3.05, 3.63) is 71.7 Å². The highest BCUT2D eigenvalue weighted by Gasteiger charge is 2.32. The number of sulfonamides is 1. The zero-order valence-corrected chi connectivity index (χ0v) is 24.0. The molecule has 0 aliphatic carbocycles. The molecule has 0 saturated carbocycles. The second kappa shape index (κ2) is 16.3. The van der Waals surface area contributed by atoms with Gasteiger partial charge in [-0.15, -0.1) is 0 Å². The lowest BCUT2D eigenvalue weighted by molar-refractivity contribution is 0.0400. The third kappa shape index (κ3) is 12.5. The van der Waals surface area contributed by atoms with Gasteiger partial charge in [0.1, 0.15) is 5.60 Å². The molecule has 1 amide bonds. The van der Waals surface area contributed by atoms with E-state index in [4.69, 9.17) is 4.74 Å². The number of hydrogen-bond acceptors (Lipinski definition) is 5. The zero-order valence-electron chi connectivity index (χ0n) is 23.2. The van der Waals surface area contributed by atoms with Gasteiger partial charge in [-0.05, 0) is 57.7 Å².